The van der Waals surface area contributed by atoms with E-state index in [4.69, 9.17) is 0 Å². The maximum absolute atomic E-state index is 12.5. The number of alkyl halides is 4. The van der Waals surface area contributed by atoms with Crippen LogP contribution < -0.4 is 4.74 Å². The molecule has 19 heavy (non-hydrogen) atoms. The van der Waals surface area contributed by atoms with E-state index in [0.29, 0.717) is 0 Å². The molecule has 1 aromatic rings. The van der Waals surface area contributed by atoms with E-state index in [1.807, 2.05) is 0 Å². The van der Waals surface area contributed by atoms with Crippen LogP contribution in [0.5, 0.6) is 11.6 Å². The third kappa shape index (κ3) is 4.27. The molecule has 0 spiro atoms. The summed E-state index contributed by atoms with van der Waals surface area (Å²) in [4.78, 5) is 14.2. The molecule has 9 heteroatoms. The van der Waals surface area contributed by atoms with Gasteiger partial charge in [0.25, 0.3) is 5.88 Å². The fraction of sp³-hybridized carbons (Fsp3) is 0.400. The molecule has 5 nitrogen and oxygen atoms in total. The molecule has 0 aromatic carbocycles. The van der Waals surface area contributed by atoms with Crippen molar-refractivity contribution in [1.82, 2.24) is 4.98 Å². The fourth-order valence-electron chi connectivity index (χ4n) is 1.23. The number of hydrogen-bond donors (Lipinski definition) is 1. The second-order valence-electron chi connectivity index (χ2n) is 3.36. The van der Waals surface area contributed by atoms with Crippen molar-refractivity contribution in [3.63, 3.8) is 0 Å². The number of hydrogen-bond acceptors (Lipinski definition) is 5. The van der Waals surface area contributed by atoms with E-state index >= 15 is 0 Å². The smallest absolute Gasteiger partial charge is 0.503 e. The van der Waals surface area contributed by atoms with Gasteiger partial charge in [0.05, 0.1) is 19.2 Å². The molecular formula is C10H9F4NO4. The molecule has 0 bridgehead atoms. The van der Waals surface area contributed by atoms with Crippen molar-refractivity contribution in [3.8, 4) is 11.6 Å². The second kappa shape index (κ2) is 5.72. The van der Waals surface area contributed by atoms with Gasteiger partial charge in [0.1, 0.15) is 6.67 Å². The Labute approximate surface area is 104 Å². The molecule has 0 saturated heterocycles. The number of pyridine rings is 1. The van der Waals surface area contributed by atoms with Gasteiger partial charge in [0.2, 0.25) is 0 Å². The lowest BCUT2D eigenvalue weighted by molar-refractivity contribution is -0.276. The lowest BCUT2D eigenvalue weighted by atomic mass is 10.1. The molecule has 0 unspecified atom stereocenters. The largest absolute Gasteiger partial charge is 0.574 e. The SMILES string of the molecule is COC(=O)Cc1cc(CF)nc(OC(F)(F)F)c1O. The van der Waals surface area contributed by atoms with Crippen LogP contribution in [0.15, 0.2) is 6.07 Å². The minimum Gasteiger partial charge on any atom is -0.503 e. The van der Waals surface area contributed by atoms with Crippen LogP contribution in [0.25, 0.3) is 0 Å². The Balaban J connectivity index is 3.17. The van der Waals surface area contributed by atoms with Crippen LogP contribution in [0.2, 0.25) is 0 Å². The molecule has 0 atom stereocenters. The minimum atomic E-state index is -5.10. The highest BCUT2D eigenvalue weighted by molar-refractivity contribution is 5.73. The monoisotopic (exact) mass is 283 g/mol. The van der Waals surface area contributed by atoms with Crippen LogP contribution in [-0.2, 0) is 22.6 Å². The molecule has 1 aromatic heterocycles. The number of methoxy groups -OCH3 is 1. The van der Waals surface area contributed by atoms with Gasteiger partial charge >= 0.3 is 12.3 Å². The van der Waals surface area contributed by atoms with Gasteiger partial charge < -0.3 is 14.6 Å². The second-order valence-corrected chi connectivity index (χ2v) is 3.36. The zero-order valence-electron chi connectivity index (χ0n) is 9.62. The molecule has 1 rings (SSSR count). The number of carbonyl (C=O) groups is 1. The first-order chi connectivity index (χ1) is 8.76. The molecule has 0 saturated carbocycles. The van der Waals surface area contributed by atoms with Crippen molar-refractivity contribution in [2.75, 3.05) is 7.11 Å². The van der Waals surface area contributed by atoms with Crippen molar-refractivity contribution in [3.05, 3.63) is 17.3 Å². The predicted molar refractivity (Wildman–Crippen MR) is 53.1 cm³/mol. The van der Waals surface area contributed by atoms with Crippen molar-refractivity contribution < 1.29 is 36.9 Å². The topological polar surface area (TPSA) is 68.7 Å². The van der Waals surface area contributed by atoms with E-state index < -0.39 is 42.8 Å². The van der Waals surface area contributed by atoms with Gasteiger partial charge in [-0.1, -0.05) is 0 Å². The average Bonchev–Trinajstić information content (AvgIpc) is 2.32. The molecule has 0 aliphatic rings. The summed E-state index contributed by atoms with van der Waals surface area (Å²) in [5.41, 5.74) is -0.676. The number of ether oxygens (including phenoxy) is 2. The molecule has 0 aliphatic heterocycles. The van der Waals surface area contributed by atoms with Crippen LogP contribution in [0.1, 0.15) is 11.3 Å². The quantitative estimate of drug-likeness (QED) is 0.675. The summed E-state index contributed by atoms with van der Waals surface area (Å²) in [6, 6.07) is 0.954. The van der Waals surface area contributed by atoms with Gasteiger partial charge in [-0.25, -0.2) is 9.37 Å². The number of aromatic nitrogens is 1. The lowest BCUT2D eigenvalue weighted by Crippen LogP contribution is -2.19. The first kappa shape index (κ1) is 15.0. The molecule has 0 fully saturated rings. The van der Waals surface area contributed by atoms with Crippen molar-refractivity contribution >= 4 is 5.97 Å². The fourth-order valence-corrected chi connectivity index (χ4v) is 1.23. The summed E-state index contributed by atoms with van der Waals surface area (Å²) < 4.78 is 56.4. The maximum atomic E-state index is 12.5. The minimum absolute atomic E-state index is 0.270. The zero-order chi connectivity index (χ0) is 14.6. The summed E-state index contributed by atoms with van der Waals surface area (Å²) >= 11 is 0. The summed E-state index contributed by atoms with van der Waals surface area (Å²) in [5.74, 6) is -3.01. The van der Waals surface area contributed by atoms with Crippen LogP contribution in [0, 0.1) is 0 Å². The summed E-state index contributed by atoms with van der Waals surface area (Å²) in [7, 11) is 1.06. The van der Waals surface area contributed by atoms with Gasteiger partial charge in [0, 0.05) is 5.56 Å². The van der Waals surface area contributed by atoms with Gasteiger partial charge in [-0.2, -0.15) is 0 Å². The first-order valence-electron chi connectivity index (χ1n) is 4.87. The van der Waals surface area contributed by atoms with Crippen LogP contribution in [-0.4, -0.2) is 29.5 Å². The molecule has 1 N–H and O–H groups in total. The Morgan fingerprint density at radius 2 is 2.11 bits per heavy atom. The third-order valence-corrected chi connectivity index (χ3v) is 2.00. The van der Waals surface area contributed by atoms with Crippen LogP contribution >= 0.6 is 0 Å². The highest BCUT2D eigenvalue weighted by Gasteiger charge is 2.34. The normalized spacial score (nSPS) is 11.2. The molecule has 0 amide bonds. The Morgan fingerprint density at radius 1 is 1.47 bits per heavy atom. The number of carbonyl (C=O) groups excluding carboxylic acids is 1. The Kier molecular flexibility index (Phi) is 4.52. The number of nitrogens with zero attached hydrogens (tertiary/aromatic N) is 1. The zero-order valence-corrected chi connectivity index (χ0v) is 9.62. The van der Waals surface area contributed by atoms with Gasteiger partial charge in [-0.05, 0) is 6.07 Å². The summed E-state index contributed by atoms with van der Waals surface area (Å²) in [5, 5.41) is 9.50. The number of aromatic hydroxyl groups is 1. The number of esters is 1. The first-order valence-corrected chi connectivity index (χ1v) is 4.87. The third-order valence-electron chi connectivity index (χ3n) is 2.00. The Morgan fingerprint density at radius 3 is 2.58 bits per heavy atom. The van der Waals surface area contributed by atoms with Crippen LogP contribution in [0.4, 0.5) is 17.6 Å². The van der Waals surface area contributed by atoms with Crippen LogP contribution in [0.3, 0.4) is 0 Å². The standard InChI is InChI=1S/C10H9F4NO4/c1-18-7(16)3-5-2-6(4-11)15-9(8(5)17)19-10(12,13)14/h2,17H,3-4H2,1H3. The van der Waals surface area contributed by atoms with E-state index in [9.17, 15) is 27.5 Å². The number of rotatable bonds is 4. The van der Waals surface area contributed by atoms with Crippen molar-refractivity contribution in [2.24, 2.45) is 0 Å². The summed E-state index contributed by atoms with van der Waals surface area (Å²) in [6.45, 7) is -1.18. The van der Waals surface area contributed by atoms with Gasteiger partial charge in [-0.3, -0.25) is 4.79 Å². The highest BCUT2D eigenvalue weighted by atomic mass is 19.4. The van der Waals surface area contributed by atoms with Gasteiger partial charge in [0.15, 0.2) is 5.75 Å². The maximum Gasteiger partial charge on any atom is 0.574 e. The van der Waals surface area contributed by atoms with E-state index in [0.717, 1.165) is 13.2 Å². The number of halogens is 4. The van der Waals surface area contributed by atoms with E-state index in [1.165, 1.54) is 0 Å². The molecule has 1 heterocycles. The molecule has 0 aliphatic carbocycles. The Bertz CT molecular complexity index is 475. The average molecular weight is 283 g/mol. The summed E-state index contributed by atoms with van der Waals surface area (Å²) in [6.07, 6.45) is -5.63. The van der Waals surface area contributed by atoms with Crippen molar-refractivity contribution in [2.45, 2.75) is 19.5 Å². The predicted octanol–water partition coefficient (Wildman–Crippen LogP) is 1.87. The van der Waals surface area contributed by atoms with E-state index in [2.05, 4.69) is 14.5 Å². The lowest BCUT2D eigenvalue weighted by Gasteiger charge is -2.12. The molecule has 106 valence electrons. The molecule has 0 radical (unpaired) electrons. The highest BCUT2D eigenvalue weighted by Crippen LogP contribution is 2.33. The van der Waals surface area contributed by atoms with E-state index in [1.54, 1.807) is 0 Å². The molecular weight excluding hydrogens is 274 g/mol. The van der Waals surface area contributed by atoms with E-state index in [-0.39, 0.29) is 5.56 Å². The Hall–Kier alpha value is -2.06. The van der Waals surface area contributed by atoms with Crippen molar-refractivity contribution in [1.29, 1.82) is 0 Å². The van der Waals surface area contributed by atoms with Gasteiger partial charge in [-0.15, -0.1) is 13.2 Å².